The summed E-state index contributed by atoms with van der Waals surface area (Å²) in [5, 5.41) is 13.7. The molecule has 1 heterocycles. The van der Waals surface area contributed by atoms with E-state index in [0.717, 1.165) is 44.3 Å². The first-order chi connectivity index (χ1) is 9.77. The van der Waals surface area contributed by atoms with Gasteiger partial charge in [0.2, 0.25) is 5.91 Å². The molecule has 20 heavy (non-hydrogen) atoms. The fourth-order valence-corrected chi connectivity index (χ4v) is 3.13. The highest BCUT2D eigenvalue weighted by Gasteiger charge is 2.41. The number of nitrogens with one attached hydrogen (secondary N) is 2. The fraction of sp³-hybridized carbons (Fsp3) is 0.800. The molecule has 1 amide bonds. The van der Waals surface area contributed by atoms with E-state index in [-0.39, 0.29) is 11.3 Å². The summed E-state index contributed by atoms with van der Waals surface area (Å²) in [7, 11) is 0. The third-order valence-corrected chi connectivity index (χ3v) is 4.34. The molecule has 2 rings (SSSR count). The Kier molecular flexibility index (Phi) is 5.56. The van der Waals surface area contributed by atoms with Crippen molar-refractivity contribution in [3.63, 3.8) is 0 Å². The molecule has 1 aromatic rings. The van der Waals surface area contributed by atoms with Crippen LogP contribution < -0.4 is 5.32 Å². The summed E-state index contributed by atoms with van der Waals surface area (Å²) < 4.78 is 0. The quantitative estimate of drug-likeness (QED) is 0.718. The van der Waals surface area contributed by atoms with Crippen LogP contribution in [0.15, 0.2) is 6.20 Å². The van der Waals surface area contributed by atoms with Crippen molar-refractivity contribution in [1.82, 2.24) is 20.7 Å². The van der Waals surface area contributed by atoms with Crippen molar-refractivity contribution in [2.75, 3.05) is 6.54 Å². The molecule has 5 nitrogen and oxygen atoms in total. The van der Waals surface area contributed by atoms with Crippen LogP contribution in [0.4, 0.5) is 0 Å². The number of carbonyl (C=O) groups is 1. The SMILES string of the molecule is CCCCCCNC(=O)C1(Cc2cn[nH]n2)CCCC1. The molecule has 0 unspecified atom stereocenters. The second-order valence-corrected chi connectivity index (χ2v) is 5.94. The zero-order valence-corrected chi connectivity index (χ0v) is 12.5. The summed E-state index contributed by atoms with van der Waals surface area (Å²) in [6.45, 7) is 3.00. The Morgan fingerprint density at radius 3 is 2.80 bits per heavy atom. The van der Waals surface area contributed by atoms with Crippen LogP contribution in [0.5, 0.6) is 0 Å². The van der Waals surface area contributed by atoms with Crippen molar-refractivity contribution in [3.05, 3.63) is 11.9 Å². The summed E-state index contributed by atoms with van der Waals surface area (Å²) in [6, 6.07) is 0. The molecule has 1 saturated carbocycles. The van der Waals surface area contributed by atoms with Gasteiger partial charge in [-0.1, -0.05) is 39.0 Å². The summed E-state index contributed by atoms with van der Waals surface area (Å²) in [4.78, 5) is 12.6. The molecule has 5 heteroatoms. The second-order valence-electron chi connectivity index (χ2n) is 5.94. The molecule has 0 bridgehead atoms. The number of H-pyrrole nitrogens is 1. The van der Waals surface area contributed by atoms with Crippen LogP contribution in [0.3, 0.4) is 0 Å². The minimum atomic E-state index is -0.248. The number of unbranched alkanes of at least 4 members (excludes halogenated alkanes) is 3. The average Bonchev–Trinajstić information content (AvgIpc) is 3.11. The Bertz CT molecular complexity index is 396. The van der Waals surface area contributed by atoms with E-state index in [0.29, 0.717) is 6.42 Å². The van der Waals surface area contributed by atoms with Crippen LogP contribution in [-0.4, -0.2) is 27.9 Å². The predicted molar refractivity (Wildman–Crippen MR) is 78.1 cm³/mol. The number of aromatic nitrogens is 3. The van der Waals surface area contributed by atoms with Gasteiger partial charge in [0.15, 0.2) is 0 Å². The van der Waals surface area contributed by atoms with Gasteiger partial charge in [0.05, 0.1) is 17.3 Å². The summed E-state index contributed by atoms with van der Waals surface area (Å²) in [5.41, 5.74) is 0.648. The van der Waals surface area contributed by atoms with Crippen molar-refractivity contribution < 1.29 is 4.79 Å². The lowest BCUT2D eigenvalue weighted by Gasteiger charge is -2.26. The highest BCUT2D eigenvalue weighted by molar-refractivity contribution is 5.83. The van der Waals surface area contributed by atoms with Gasteiger partial charge < -0.3 is 5.32 Å². The first kappa shape index (κ1) is 15.0. The number of hydrogen-bond donors (Lipinski definition) is 2. The summed E-state index contributed by atoms with van der Waals surface area (Å²) in [5.74, 6) is 0.217. The van der Waals surface area contributed by atoms with E-state index in [2.05, 4.69) is 27.7 Å². The van der Waals surface area contributed by atoms with Gasteiger partial charge in [0.1, 0.15) is 0 Å². The number of aromatic amines is 1. The fourth-order valence-electron chi connectivity index (χ4n) is 3.13. The maximum Gasteiger partial charge on any atom is 0.226 e. The van der Waals surface area contributed by atoms with Crippen LogP contribution in [0, 0.1) is 5.41 Å². The number of amides is 1. The topological polar surface area (TPSA) is 70.7 Å². The first-order valence-corrected chi connectivity index (χ1v) is 7.90. The lowest BCUT2D eigenvalue weighted by Crippen LogP contribution is -2.41. The van der Waals surface area contributed by atoms with E-state index in [9.17, 15) is 4.79 Å². The van der Waals surface area contributed by atoms with Gasteiger partial charge in [0.25, 0.3) is 0 Å². The highest BCUT2D eigenvalue weighted by atomic mass is 16.2. The molecule has 0 saturated heterocycles. The van der Waals surface area contributed by atoms with Gasteiger partial charge in [-0.25, -0.2) is 0 Å². The molecule has 1 aromatic heterocycles. The molecule has 2 N–H and O–H groups in total. The maximum absolute atomic E-state index is 12.6. The van der Waals surface area contributed by atoms with Gasteiger partial charge in [-0.05, 0) is 19.3 Å². The zero-order valence-electron chi connectivity index (χ0n) is 12.5. The van der Waals surface area contributed by atoms with E-state index >= 15 is 0 Å². The normalized spacial score (nSPS) is 17.2. The lowest BCUT2D eigenvalue weighted by molar-refractivity contribution is -0.130. The van der Waals surface area contributed by atoms with Crippen LogP contribution in [0.25, 0.3) is 0 Å². The minimum Gasteiger partial charge on any atom is -0.356 e. The predicted octanol–water partition coefficient (Wildman–Crippen LogP) is 2.60. The summed E-state index contributed by atoms with van der Waals surface area (Å²) >= 11 is 0. The molecule has 1 fully saturated rings. The number of nitrogens with zero attached hydrogens (tertiary/aromatic N) is 2. The van der Waals surface area contributed by atoms with E-state index in [4.69, 9.17) is 0 Å². The smallest absolute Gasteiger partial charge is 0.226 e. The second kappa shape index (κ2) is 7.41. The number of hydrogen-bond acceptors (Lipinski definition) is 3. The Morgan fingerprint density at radius 2 is 2.15 bits per heavy atom. The van der Waals surface area contributed by atoms with Crippen molar-refractivity contribution in [2.24, 2.45) is 5.41 Å². The largest absolute Gasteiger partial charge is 0.356 e. The number of carbonyl (C=O) groups excluding carboxylic acids is 1. The van der Waals surface area contributed by atoms with Crippen LogP contribution >= 0.6 is 0 Å². The summed E-state index contributed by atoms with van der Waals surface area (Å²) in [6.07, 6.45) is 11.4. The van der Waals surface area contributed by atoms with E-state index < -0.39 is 0 Å². The third-order valence-electron chi connectivity index (χ3n) is 4.34. The molecule has 0 radical (unpaired) electrons. The van der Waals surface area contributed by atoms with Crippen LogP contribution in [-0.2, 0) is 11.2 Å². The molecule has 0 atom stereocenters. The van der Waals surface area contributed by atoms with E-state index in [1.54, 1.807) is 6.20 Å². The van der Waals surface area contributed by atoms with Gasteiger partial charge in [-0.2, -0.15) is 15.4 Å². The molecular weight excluding hydrogens is 252 g/mol. The molecule has 0 aliphatic heterocycles. The van der Waals surface area contributed by atoms with E-state index in [1.807, 2.05) is 0 Å². The Hall–Kier alpha value is -1.39. The third kappa shape index (κ3) is 3.81. The molecule has 1 aliphatic carbocycles. The minimum absolute atomic E-state index is 0.217. The molecular formula is C15H26N4O. The molecule has 1 aliphatic rings. The molecule has 0 spiro atoms. The van der Waals surface area contributed by atoms with Gasteiger partial charge >= 0.3 is 0 Å². The first-order valence-electron chi connectivity index (χ1n) is 7.90. The van der Waals surface area contributed by atoms with E-state index in [1.165, 1.54) is 19.3 Å². The highest BCUT2D eigenvalue weighted by Crippen LogP contribution is 2.40. The van der Waals surface area contributed by atoms with Crippen LogP contribution in [0.1, 0.15) is 64.0 Å². The molecule has 0 aromatic carbocycles. The standard InChI is InChI=1S/C15H26N4O/c1-2-3-4-7-10-16-14(20)15(8-5-6-9-15)11-13-12-17-19-18-13/h12H,2-11H2,1H3,(H,16,20)(H,17,18,19). The van der Waals surface area contributed by atoms with Gasteiger partial charge in [-0.3, -0.25) is 4.79 Å². The Labute approximate surface area is 120 Å². The van der Waals surface area contributed by atoms with Crippen molar-refractivity contribution >= 4 is 5.91 Å². The monoisotopic (exact) mass is 278 g/mol. The average molecular weight is 278 g/mol. The van der Waals surface area contributed by atoms with Crippen molar-refractivity contribution in [2.45, 2.75) is 64.7 Å². The van der Waals surface area contributed by atoms with Gasteiger partial charge in [0, 0.05) is 13.0 Å². The van der Waals surface area contributed by atoms with Crippen molar-refractivity contribution in [1.29, 1.82) is 0 Å². The Balaban J connectivity index is 1.85. The maximum atomic E-state index is 12.6. The zero-order chi connectivity index (χ0) is 14.3. The lowest BCUT2D eigenvalue weighted by atomic mass is 9.80. The number of rotatable bonds is 8. The van der Waals surface area contributed by atoms with Crippen molar-refractivity contribution in [3.8, 4) is 0 Å². The Morgan fingerprint density at radius 1 is 1.35 bits per heavy atom. The van der Waals surface area contributed by atoms with Gasteiger partial charge in [-0.15, -0.1) is 0 Å². The van der Waals surface area contributed by atoms with Crippen LogP contribution in [0.2, 0.25) is 0 Å². The molecule has 112 valence electrons.